The van der Waals surface area contributed by atoms with Gasteiger partial charge in [-0.05, 0) is 12.0 Å². The molecule has 0 fully saturated rings. The minimum absolute atomic E-state index is 0.162. The van der Waals surface area contributed by atoms with E-state index < -0.39 is 5.97 Å². The molecule has 0 aliphatic carbocycles. The summed E-state index contributed by atoms with van der Waals surface area (Å²) < 4.78 is 4.97. The van der Waals surface area contributed by atoms with Gasteiger partial charge in [-0.15, -0.1) is 0 Å². The highest BCUT2D eigenvalue weighted by atomic mass is 35.5. The Morgan fingerprint density at radius 2 is 2.05 bits per heavy atom. The topological polar surface area (TPSA) is 71.2 Å². The van der Waals surface area contributed by atoms with E-state index in [-0.39, 0.29) is 18.2 Å². The molecule has 0 spiro atoms. The Hall–Kier alpha value is -2.01. The van der Waals surface area contributed by atoms with Crippen molar-refractivity contribution in [3.63, 3.8) is 0 Å². The number of amides is 1. The normalized spacial score (nSPS) is 10.9. The number of nitrogens with one attached hydrogen (secondary N) is 2. The highest BCUT2D eigenvalue weighted by Gasteiger charge is 2.18. The molecular formula is C15H17ClN2O3. The van der Waals surface area contributed by atoms with Gasteiger partial charge in [-0.1, -0.05) is 43.6 Å². The lowest BCUT2D eigenvalue weighted by Gasteiger charge is -2.07. The van der Waals surface area contributed by atoms with Gasteiger partial charge in [-0.2, -0.15) is 0 Å². The fourth-order valence-corrected chi connectivity index (χ4v) is 2.11. The molecule has 0 saturated carbocycles. The van der Waals surface area contributed by atoms with E-state index in [0.29, 0.717) is 17.5 Å². The zero-order valence-corrected chi connectivity index (χ0v) is 12.7. The lowest BCUT2D eigenvalue weighted by Crippen LogP contribution is -2.31. The fourth-order valence-electron chi connectivity index (χ4n) is 1.82. The van der Waals surface area contributed by atoms with E-state index in [1.54, 1.807) is 6.07 Å². The van der Waals surface area contributed by atoms with Crippen molar-refractivity contribution in [2.75, 3.05) is 13.2 Å². The number of fused-ring (bicyclic) bond motifs is 1. The van der Waals surface area contributed by atoms with Crippen molar-refractivity contribution in [2.45, 2.75) is 13.8 Å². The van der Waals surface area contributed by atoms with E-state index in [1.807, 2.05) is 32.0 Å². The van der Waals surface area contributed by atoms with Crippen LogP contribution < -0.4 is 5.32 Å². The number of aromatic amines is 1. The van der Waals surface area contributed by atoms with Gasteiger partial charge >= 0.3 is 5.97 Å². The first-order chi connectivity index (χ1) is 9.99. The lowest BCUT2D eigenvalue weighted by molar-refractivity contribution is -0.124. The van der Waals surface area contributed by atoms with Crippen LogP contribution in [0.4, 0.5) is 0 Å². The predicted molar refractivity (Wildman–Crippen MR) is 81.4 cm³/mol. The minimum atomic E-state index is -0.643. The van der Waals surface area contributed by atoms with Crippen LogP contribution in [0.25, 0.3) is 10.9 Å². The number of rotatable bonds is 5. The number of hydrogen-bond donors (Lipinski definition) is 2. The summed E-state index contributed by atoms with van der Waals surface area (Å²) in [6.45, 7) is 4.19. The molecule has 1 amide bonds. The van der Waals surface area contributed by atoms with Crippen molar-refractivity contribution in [2.24, 2.45) is 5.92 Å². The van der Waals surface area contributed by atoms with Crippen LogP contribution in [-0.4, -0.2) is 30.0 Å². The van der Waals surface area contributed by atoms with Gasteiger partial charge in [-0.25, -0.2) is 4.79 Å². The zero-order chi connectivity index (χ0) is 15.4. The standard InChI is InChI=1S/C15H17ClN2O3/c1-9(2)7-17-12(19)8-21-15(20)14-13(16)10-5-3-4-6-11(10)18-14/h3-6,9,18H,7-8H2,1-2H3,(H,17,19). The molecule has 5 nitrogen and oxygen atoms in total. The van der Waals surface area contributed by atoms with E-state index in [2.05, 4.69) is 10.3 Å². The van der Waals surface area contributed by atoms with Crippen LogP contribution in [0.15, 0.2) is 24.3 Å². The molecule has 1 aromatic carbocycles. The third-order valence-electron chi connectivity index (χ3n) is 2.89. The van der Waals surface area contributed by atoms with Gasteiger partial charge in [0.05, 0.1) is 5.02 Å². The van der Waals surface area contributed by atoms with Gasteiger partial charge in [0.15, 0.2) is 6.61 Å². The van der Waals surface area contributed by atoms with Crippen molar-refractivity contribution in [3.8, 4) is 0 Å². The molecule has 21 heavy (non-hydrogen) atoms. The summed E-state index contributed by atoms with van der Waals surface area (Å²) in [7, 11) is 0. The molecule has 2 N–H and O–H groups in total. The van der Waals surface area contributed by atoms with Gasteiger partial charge in [0.1, 0.15) is 5.69 Å². The fraction of sp³-hybridized carbons (Fsp3) is 0.333. The number of hydrogen-bond acceptors (Lipinski definition) is 3. The first kappa shape index (κ1) is 15.4. The van der Waals surface area contributed by atoms with Crippen LogP contribution in [0.3, 0.4) is 0 Å². The van der Waals surface area contributed by atoms with E-state index in [0.717, 1.165) is 10.9 Å². The molecule has 2 rings (SSSR count). The van der Waals surface area contributed by atoms with Crippen LogP contribution in [0.5, 0.6) is 0 Å². The molecule has 2 aromatic rings. The SMILES string of the molecule is CC(C)CNC(=O)COC(=O)c1[nH]c2ccccc2c1Cl. The number of carbonyl (C=O) groups excluding carboxylic acids is 2. The largest absolute Gasteiger partial charge is 0.451 e. The molecule has 0 radical (unpaired) electrons. The van der Waals surface area contributed by atoms with Gasteiger partial charge in [0, 0.05) is 17.4 Å². The lowest BCUT2D eigenvalue weighted by atomic mass is 10.2. The second kappa shape index (κ2) is 6.63. The summed E-state index contributed by atoms with van der Waals surface area (Å²) in [6, 6.07) is 7.29. The number of benzene rings is 1. The molecule has 112 valence electrons. The molecular weight excluding hydrogens is 292 g/mol. The molecule has 1 aromatic heterocycles. The summed E-state index contributed by atoms with van der Waals surface area (Å²) in [4.78, 5) is 26.4. The summed E-state index contributed by atoms with van der Waals surface area (Å²) in [5, 5.41) is 3.72. The van der Waals surface area contributed by atoms with Crippen molar-refractivity contribution >= 4 is 34.4 Å². The van der Waals surface area contributed by atoms with E-state index in [1.165, 1.54) is 0 Å². The molecule has 0 aliphatic heterocycles. The van der Waals surface area contributed by atoms with Crippen molar-refractivity contribution in [3.05, 3.63) is 35.0 Å². The van der Waals surface area contributed by atoms with Crippen LogP contribution in [0.2, 0.25) is 5.02 Å². The number of H-pyrrole nitrogens is 1. The van der Waals surface area contributed by atoms with Gasteiger partial charge in [0.2, 0.25) is 0 Å². The van der Waals surface area contributed by atoms with E-state index in [4.69, 9.17) is 16.3 Å². The molecule has 0 aliphatic rings. The maximum atomic E-state index is 12.0. The van der Waals surface area contributed by atoms with Gasteiger partial charge in [-0.3, -0.25) is 4.79 Å². The monoisotopic (exact) mass is 308 g/mol. The van der Waals surface area contributed by atoms with Crippen molar-refractivity contribution < 1.29 is 14.3 Å². The maximum Gasteiger partial charge on any atom is 0.356 e. The Bertz CT molecular complexity index is 664. The van der Waals surface area contributed by atoms with Crippen LogP contribution in [0, 0.1) is 5.92 Å². The smallest absolute Gasteiger partial charge is 0.356 e. The average Bonchev–Trinajstić information content (AvgIpc) is 2.80. The Morgan fingerprint density at radius 1 is 1.33 bits per heavy atom. The highest BCUT2D eigenvalue weighted by molar-refractivity contribution is 6.38. The zero-order valence-electron chi connectivity index (χ0n) is 11.9. The average molecular weight is 309 g/mol. The molecule has 0 saturated heterocycles. The number of ether oxygens (including phenoxy) is 1. The Balaban J connectivity index is 1.99. The maximum absolute atomic E-state index is 12.0. The van der Waals surface area contributed by atoms with E-state index in [9.17, 15) is 9.59 Å². The van der Waals surface area contributed by atoms with Crippen LogP contribution >= 0.6 is 11.6 Å². The number of halogens is 1. The first-order valence-electron chi connectivity index (χ1n) is 6.69. The summed E-state index contributed by atoms with van der Waals surface area (Å²) >= 11 is 6.14. The number of para-hydroxylation sites is 1. The van der Waals surface area contributed by atoms with E-state index >= 15 is 0 Å². The summed E-state index contributed by atoms with van der Waals surface area (Å²) in [5.41, 5.74) is 0.910. The molecule has 0 atom stereocenters. The van der Waals surface area contributed by atoms with Crippen molar-refractivity contribution in [1.82, 2.24) is 10.3 Å². The molecule has 1 heterocycles. The number of esters is 1. The Kier molecular flexibility index (Phi) is 4.85. The Labute approximate surface area is 127 Å². The molecule has 6 heteroatoms. The molecule has 0 bridgehead atoms. The highest BCUT2D eigenvalue weighted by Crippen LogP contribution is 2.27. The minimum Gasteiger partial charge on any atom is -0.451 e. The van der Waals surface area contributed by atoms with Crippen molar-refractivity contribution in [1.29, 1.82) is 0 Å². The van der Waals surface area contributed by atoms with Crippen LogP contribution in [0.1, 0.15) is 24.3 Å². The van der Waals surface area contributed by atoms with Gasteiger partial charge in [0.25, 0.3) is 5.91 Å². The predicted octanol–water partition coefficient (Wildman–Crippen LogP) is 2.75. The van der Waals surface area contributed by atoms with Crippen LogP contribution in [-0.2, 0) is 9.53 Å². The van der Waals surface area contributed by atoms with Gasteiger partial charge < -0.3 is 15.0 Å². The first-order valence-corrected chi connectivity index (χ1v) is 7.07. The molecule has 0 unspecified atom stereocenters. The summed E-state index contributed by atoms with van der Waals surface area (Å²) in [6.07, 6.45) is 0. The third kappa shape index (κ3) is 3.76. The third-order valence-corrected chi connectivity index (χ3v) is 3.28. The quantitative estimate of drug-likeness (QED) is 0.834. The number of aromatic nitrogens is 1. The summed E-state index contributed by atoms with van der Waals surface area (Å²) in [5.74, 6) is -0.631. The second-order valence-corrected chi connectivity index (χ2v) is 5.51. The Morgan fingerprint density at radius 3 is 2.71 bits per heavy atom. The second-order valence-electron chi connectivity index (χ2n) is 5.13. The number of carbonyl (C=O) groups is 2.